The van der Waals surface area contributed by atoms with E-state index in [1.54, 1.807) is 6.92 Å². The van der Waals surface area contributed by atoms with Gasteiger partial charge in [-0.15, -0.1) is 0 Å². The fourth-order valence-corrected chi connectivity index (χ4v) is 2.66. The van der Waals surface area contributed by atoms with Crippen molar-refractivity contribution in [3.05, 3.63) is 95.0 Å². The van der Waals surface area contributed by atoms with E-state index in [0.717, 1.165) is 11.1 Å². The molecule has 0 radical (unpaired) electrons. The SMILES string of the molecule is CCOC(=O)C(N=C(c1ccccc1)c1ccccc1)c1cnc(Cl)cn1. The van der Waals surface area contributed by atoms with Crippen LogP contribution in [-0.2, 0) is 9.53 Å². The van der Waals surface area contributed by atoms with Crippen molar-refractivity contribution in [3.8, 4) is 0 Å². The molecule has 6 heteroatoms. The van der Waals surface area contributed by atoms with Crippen molar-refractivity contribution in [2.45, 2.75) is 13.0 Å². The largest absolute Gasteiger partial charge is 0.464 e. The van der Waals surface area contributed by atoms with Gasteiger partial charge in [-0.3, -0.25) is 9.98 Å². The lowest BCUT2D eigenvalue weighted by atomic mass is 10.0. The summed E-state index contributed by atoms with van der Waals surface area (Å²) in [5.74, 6) is -0.488. The van der Waals surface area contributed by atoms with Gasteiger partial charge in [0.1, 0.15) is 5.15 Å². The molecule has 0 aliphatic rings. The first-order valence-corrected chi connectivity index (χ1v) is 8.89. The number of nitrogens with zero attached hydrogens (tertiary/aromatic N) is 3. The van der Waals surface area contributed by atoms with Crippen LogP contribution in [0.1, 0.15) is 29.8 Å². The first-order chi connectivity index (χ1) is 13.2. The van der Waals surface area contributed by atoms with E-state index in [1.807, 2.05) is 60.7 Å². The Balaban J connectivity index is 2.13. The Bertz CT molecular complexity index is 872. The van der Waals surface area contributed by atoms with Gasteiger partial charge in [-0.1, -0.05) is 72.3 Å². The molecule has 0 bridgehead atoms. The summed E-state index contributed by atoms with van der Waals surface area (Å²) in [5.41, 5.74) is 2.83. The quantitative estimate of drug-likeness (QED) is 0.474. The number of hydrogen-bond acceptors (Lipinski definition) is 5. The van der Waals surface area contributed by atoms with E-state index in [2.05, 4.69) is 9.97 Å². The average Bonchev–Trinajstić information content (AvgIpc) is 2.71. The summed E-state index contributed by atoms with van der Waals surface area (Å²) in [4.78, 5) is 25.6. The van der Waals surface area contributed by atoms with Crippen molar-refractivity contribution in [2.24, 2.45) is 4.99 Å². The van der Waals surface area contributed by atoms with Gasteiger partial charge in [-0.25, -0.2) is 9.78 Å². The van der Waals surface area contributed by atoms with Crippen LogP contribution in [0.4, 0.5) is 0 Å². The van der Waals surface area contributed by atoms with Crippen LogP contribution in [0, 0.1) is 0 Å². The van der Waals surface area contributed by atoms with Gasteiger partial charge >= 0.3 is 5.97 Å². The molecule has 0 aliphatic carbocycles. The van der Waals surface area contributed by atoms with Gasteiger partial charge in [-0.2, -0.15) is 0 Å². The highest BCUT2D eigenvalue weighted by Gasteiger charge is 2.24. The zero-order chi connectivity index (χ0) is 19.1. The highest BCUT2D eigenvalue weighted by molar-refractivity contribution is 6.29. The van der Waals surface area contributed by atoms with Gasteiger partial charge in [0, 0.05) is 11.1 Å². The summed E-state index contributed by atoms with van der Waals surface area (Å²) in [6.45, 7) is 2.00. The summed E-state index contributed by atoms with van der Waals surface area (Å²) in [5, 5.41) is 0.247. The van der Waals surface area contributed by atoms with Crippen LogP contribution in [0.3, 0.4) is 0 Å². The zero-order valence-electron chi connectivity index (χ0n) is 14.7. The smallest absolute Gasteiger partial charge is 0.337 e. The van der Waals surface area contributed by atoms with Gasteiger partial charge in [0.2, 0.25) is 0 Å². The Labute approximate surface area is 162 Å². The third-order valence-corrected chi connectivity index (χ3v) is 3.98. The standard InChI is InChI=1S/C21H18ClN3O2/c1-2-27-21(26)20(17-13-24-18(22)14-23-17)25-19(15-9-5-3-6-10-15)16-11-7-4-8-12-16/h3-14,20H,2H2,1H3. The minimum atomic E-state index is -0.940. The Hall–Kier alpha value is -3.05. The molecule has 2 aromatic carbocycles. The van der Waals surface area contributed by atoms with Crippen molar-refractivity contribution in [1.82, 2.24) is 9.97 Å². The van der Waals surface area contributed by atoms with E-state index in [4.69, 9.17) is 21.3 Å². The number of carbonyl (C=O) groups excluding carboxylic acids is 1. The third-order valence-electron chi connectivity index (χ3n) is 3.78. The first kappa shape index (κ1) is 18.7. The van der Waals surface area contributed by atoms with Gasteiger partial charge in [-0.05, 0) is 6.92 Å². The fraction of sp³-hybridized carbons (Fsp3) is 0.143. The van der Waals surface area contributed by atoms with Crippen molar-refractivity contribution >= 4 is 23.3 Å². The molecular formula is C21H18ClN3O2. The van der Waals surface area contributed by atoms with Crippen LogP contribution in [-0.4, -0.2) is 28.3 Å². The molecule has 0 aliphatic heterocycles. The van der Waals surface area contributed by atoms with E-state index < -0.39 is 12.0 Å². The maximum Gasteiger partial charge on any atom is 0.337 e. The molecule has 0 amide bonds. The highest BCUT2D eigenvalue weighted by Crippen LogP contribution is 2.21. The fourth-order valence-electron chi connectivity index (χ4n) is 2.56. The van der Waals surface area contributed by atoms with Crippen LogP contribution >= 0.6 is 11.6 Å². The number of benzene rings is 2. The minimum Gasteiger partial charge on any atom is -0.464 e. The number of hydrogen-bond donors (Lipinski definition) is 0. The van der Waals surface area contributed by atoms with E-state index in [9.17, 15) is 4.79 Å². The van der Waals surface area contributed by atoms with Gasteiger partial charge in [0.15, 0.2) is 6.04 Å². The average molecular weight is 380 g/mol. The number of halogens is 1. The second-order valence-corrected chi connectivity index (χ2v) is 6.02. The molecule has 5 nitrogen and oxygen atoms in total. The van der Waals surface area contributed by atoms with E-state index in [1.165, 1.54) is 12.4 Å². The molecule has 0 spiro atoms. The number of esters is 1. The lowest BCUT2D eigenvalue weighted by molar-refractivity contribution is -0.144. The van der Waals surface area contributed by atoms with Crippen molar-refractivity contribution in [3.63, 3.8) is 0 Å². The zero-order valence-corrected chi connectivity index (χ0v) is 15.5. The van der Waals surface area contributed by atoms with Gasteiger partial charge in [0.05, 0.1) is 30.4 Å². The van der Waals surface area contributed by atoms with Crippen LogP contribution < -0.4 is 0 Å². The second-order valence-electron chi connectivity index (χ2n) is 5.63. The van der Waals surface area contributed by atoms with E-state index in [-0.39, 0.29) is 11.8 Å². The van der Waals surface area contributed by atoms with Crippen molar-refractivity contribution < 1.29 is 9.53 Å². The van der Waals surface area contributed by atoms with Crippen LogP contribution in [0.25, 0.3) is 0 Å². The molecule has 3 aromatic rings. The lowest BCUT2D eigenvalue weighted by Gasteiger charge is -2.14. The topological polar surface area (TPSA) is 64.4 Å². The Morgan fingerprint density at radius 2 is 1.59 bits per heavy atom. The molecule has 0 N–H and O–H groups in total. The Kier molecular flexibility index (Phi) is 6.28. The number of carbonyl (C=O) groups is 1. The highest BCUT2D eigenvalue weighted by atomic mass is 35.5. The minimum absolute atomic E-state index is 0.247. The molecule has 0 fully saturated rings. The molecule has 0 saturated heterocycles. The monoisotopic (exact) mass is 379 g/mol. The van der Waals surface area contributed by atoms with Crippen LogP contribution in [0.5, 0.6) is 0 Å². The van der Waals surface area contributed by atoms with Gasteiger partial charge in [0.25, 0.3) is 0 Å². The predicted octanol–water partition coefficient (Wildman–Crippen LogP) is 4.27. The molecule has 1 unspecified atom stereocenters. The molecule has 1 aromatic heterocycles. The summed E-state index contributed by atoms with van der Waals surface area (Å²) < 4.78 is 5.21. The lowest BCUT2D eigenvalue weighted by Crippen LogP contribution is -2.18. The number of aromatic nitrogens is 2. The normalized spacial score (nSPS) is 11.5. The summed E-state index contributed by atoms with van der Waals surface area (Å²) in [7, 11) is 0. The number of ether oxygens (including phenoxy) is 1. The molecule has 1 atom stereocenters. The molecule has 3 rings (SSSR count). The number of aliphatic imine (C=N–C) groups is 1. The summed E-state index contributed by atoms with van der Waals surface area (Å²) >= 11 is 5.83. The maximum absolute atomic E-state index is 12.6. The van der Waals surface area contributed by atoms with Crippen molar-refractivity contribution in [2.75, 3.05) is 6.61 Å². The number of rotatable bonds is 6. The van der Waals surface area contributed by atoms with Gasteiger partial charge < -0.3 is 4.74 Å². The molecule has 1 heterocycles. The Morgan fingerprint density at radius 1 is 1.00 bits per heavy atom. The Morgan fingerprint density at radius 3 is 2.07 bits per heavy atom. The van der Waals surface area contributed by atoms with Crippen LogP contribution in [0.2, 0.25) is 5.15 Å². The van der Waals surface area contributed by atoms with E-state index in [0.29, 0.717) is 11.4 Å². The second kappa shape index (κ2) is 9.05. The third kappa shape index (κ3) is 4.77. The molecule has 136 valence electrons. The summed E-state index contributed by atoms with van der Waals surface area (Å²) in [6, 6.07) is 18.4. The van der Waals surface area contributed by atoms with Crippen molar-refractivity contribution in [1.29, 1.82) is 0 Å². The first-order valence-electron chi connectivity index (χ1n) is 8.51. The van der Waals surface area contributed by atoms with Crippen LogP contribution in [0.15, 0.2) is 78.0 Å². The maximum atomic E-state index is 12.6. The molecule has 27 heavy (non-hydrogen) atoms. The summed E-state index contributed by atoms with van der Waals surface area (Å²) in [6.07, 6.45) is 2.84. The van der Waals surface area contributed by atoms with E-state index >= 15 is 0 Å². The predicted molar refractivity (Wildman–Crippen MR) is 105 cm³/mol. The molecular weight excluding hydrogens is 362 g/mol. The molecule has 0 saturated carbocycles.